The molecular formula is C14H19N3O. The molecular weight excluding hydrogens is 226 g/mol. The van der Waals surface area contributed by atoms with Gasteiger partial charge >= 0.3 is 0 Å². The number of nitrogens with one attached hydrogen (secondary N) is 1. The van der Waals surface area contributed by atoms with Crippen LogP contribution in [0.15, 0.2) is 29.3 Å². The summed E-state index contributed by atoms with van der Waals surface area (Å²) in [5.41, 5.74) is 7.10. The maximum absolute atomic E-state index is 5.73. The number of hydrogen-bond acceptors (Lipinski definition) is 4. The molecule has 1 aliphatic heterocycles. The van der Waals surface area contributed by atoms with E-state index in [1.54, 1.807) is 7.11 Å². The molecule has 1 saturated carbocycles. The van der Waals surface area contributed by atoms with Crippen molar-refractivity contribution in [3.05, 3.63) is 29.8 Å². The normalized spacial score (nSPS) is 33.8. The molecule has 0 saturated heterocycles. The van der Waals surface area contributed by atoms with E-state index < -0.39 is 0 Å². The summed E-state index contributed by atoms with van der Waals surface area (Å²) in [5, 5.41) is 3.27. The highest BCUT2D eigenvalue weighted by Gasteiger charge is 2.44. The van der Waals surface area contributed by atoms with Crippen molar-refractivity contribution in [1.29, 1.82) is 0 Å². The summed E-state index contributed by atoms with van der Waals surface area (Å²) < 4.78 is 5.20. The van der Waals surface area contributed by atoms with Crippen LogP contribution in [0.1, 0.15) is 24.8 Å². The molecule has 3 N–H and O–H groups in total. The van der Waals surface area contributed by atoms with Crippen molar-refractivity contribution >= 4 is 5.96 Å². The summed E-state index contributed by atoms with van der Waals surface area (Å²) >= 11 is 0. The van der Waals surface area contributed by atoms with Gasteiger partial charge in [-0.1, -0.05) is 19.1 Å². The average molecular weight is 245 g/mol. The fourth-order valence-corrected chi connectivity index (χ4v) is 3.26. The fraction of sp³-hybridized carbons (Fsp3) is 0.500. The highest BCUT2D eigenvalue weighted by molar-refractivity contribution is 5.80. The molecule has 4 heteroatoms. The van der Waals surface area contributed by atoms with E-state index in [0.29, 0.717) is 29.9 Å². The lowest BCUT2D eigenvalue weighted by atomic mass is 9.89. The molecule has 1 aromatic rings. The second-order valence-corrected chi connectivity index (χ2v) is 5.23. The van der Waals surface area contributed by atoms with Crippen molar-refractivity contribution in [2.75, 3.05) is 7.11 Å². The Morgan fingerprint density at radius 1 is 1.33 bits per heavy atom. The molecule has 4 nitrogen and oxygen atoms in total. The predicted octanol–water partition coefficient (Wildman–Crippen LogP) is 1.47. The number of hydrogen-bond donors (Lipinski definition) is 2. The fourth-order valence-electron chi connectivity index (χ4n) is 3.26. The van der Waals surface area contributed by atoms with Crippen LogP contribution in [0.25, 0.3) is 0 Å². The Bertz CT molecular complexity index is 468. The van der Waals surface area contributed by atoms with Gasteiger partial charge in [0.1, 0.15) is 5.75 Å². The highest BCUT2D eigenvalue weighted by atomic mass is 16.5. The number of nitrogens with two attached hydrogens (primary N) is 1. The molecule has 18 heavy (non-hydrogen) atoms. The van der Waals surface area contributed by atoms with Gasteiger partial charge < -0.3 is 15.8 Å². The molecule has 3 rings (SSSR count). The molecule has 4 atom stereocenters. The minimum atomic E-state index is 0.331. The Kier molecular flexibility index (Phi) is 2.65. The van der Waals surface area contributed by atoms with Crippen molar-refractivity contribution in [3.8, 4) is 5.75 Å². The molecule has 0 radical (unpaired) electrons. The first kappa shape index (κ1) is 11.4. The Labute approximate surface area is 107 Å². The largest absolute Gasteiger partial charge is 0.497 e. The smallest absolute Gasteiger partial charge is 0.189 e. The minimum Gasteiger partial charge on any atom is -0.497 e. The maximum Gasteiger partial charge on any atom is 0.189 e. The monoisotopic (exact) mass is 245 g/mol. The van der Waals surface area contributed by atoms with Crippen LogP contribution in [0.3, 0.4) is 0 Å². The first-order valence-electron chi connectivity index (χ1n) is 6.43. The van der Waals surface area contributed by atoms with Gasteiger partial charge in [-0.2, -0.15) is 0 Å². The van der Waals surface area contributed by atoms with Gasteiger partial charge in [0.2, 0.25) is 0 Å². The van der Waals surface area contributed by atoms with E-state index in [1.807, 2.05) is 12.1 Å². The number of benzene rings is 1. The number of nitrogens with zero attached hydrogens (tertiary/aromatic N) is 1. The average Bonchev–Trinajstić information content (AvgIpc) is 2.88. The lowest BCUT2D eigenvalue weighted by molar-refractivity contribution is 0.414. The predicted molar refractivity (Wildman–Crippen MR) is 71.9 cm³/mol. The quantitative estimate of drug-likeness (QED) is 0.829. The Morgan fingerprint density at radius 3 is 2.67 bits per heavy atom. The topological polar surface area (TPSA) is 59.6 Å². The van der Waals surface area contributed by atoms with Crippen LogP contribution in [0.5, 0.6) is 5.75 Å². The molecule has 0 spiro atoms. The van der Waals surface area contributed by atoms with Crippen molar-refractivity contribution in [2.45, 2.75) is 31.3 Å². The number of methoxy groups -OCH3 is 1. The Hall–Kier alpha value is -1.71. The van der Waals surface area contributed by atoms with Gasteiger partial charge in [-0.3, -0.25) is 0 Å². The zero-order valence-electron chi connectivity index (χ0n) is 10.8. The van der Waals surface area contributed by atoms with E-state index in [9.17, 15) is 0 Å². The highest BCUT2D eigenvalue weighted by Crippen LogP contribution is 2.42. The molecule has 2 unspecified atom stereocenters. The lowest BCUT2D eigenvalue weighted by Gasteiger charge is -2.18. The van der Waals surface area contributed by atoms with E-state index in [-0.39, 0.29) is 0 Å². The van der Waals surface area contributed by atoms with Crippen molar-refractivity contribution in [3.63, 3.8) is 0 Å². The SMILES string of the molecule is COc1ccc([C@H]2CC3NC(N)=NC3[C@H]2C)cc1. The molecule has 1 fully saturated rings. The van der Waals surface area contributed by atoms with E-state index >= 15 is 0 Å². The van der Waals surface area contributed by atoms with Gasteiger partial charge in [0.25, 0.3) is 0 Å². The summed E-state index contributed by atoms with van der Waals surface area (Å²) in [4.78, 5) is 4.50. The number of rotatable bonds is 2. The van der Waals surface area contributed by atoms with Crippen LogP contribution in [-0.4, -0.2) is 25.2 Å². The van der Waals surface area contributed by atoms with Gasteiger partial charge in [-0.15, -0.1) is 0 Å². The standard InChI is InChI=1S/C14H19N3O/c1-8-11(7-12-13(8)17-14(15)16-12)9-3-5-10(18-2)6-4-9/h3-6,8,11-13H,7H2,1-2H3,(H3,15,16,17)/t8-,11-,12?,13?/m0/s1. The van der Waals surface area contributed by atoms with Gasteiger partial charge in [0, 0.05) is 0 Å². The minimum absolute atomic E-state index is 0.331. The summed E-state index contributed by atoms with van der Waals surface area (Å²) in [7, 11) is 1.69. The zero-order chi connectivity index (χ0) is 12.7. The number of aliphatic imine (C=N–C) groups is 1. The lowest BCUT2D eigenvalue weighted by Crippen LogP contribution is -2.35. The van der Waals surface area contributed by atoms with Crippen LogP contribution in [0.4, 0.5) is 0 Å². The molecule has 1 aliphatic carbocycles. The molecule has 2 aliphatic rings. The van der Waals surface area contributed by atoms with Gasteiger partial charge in [-0.05, 0) is 36.0 Å². The maximum atomic E-state index is 5.73. The van der Waals surface area contributed by atoms with Gasteiger partial charge in [0.15, 0.2) is 5.96 Å². The molecule has 1 aromatic carbocycles. The third-order valence-corrected chi connectivity index (χ3v) is 4.26. The van der Waals surface area contributed by atoms with Crippen LogP contribution < -0.4 is 15.8 Å². The van der Waals surface area contributed by atoms with E-state index in [4.69, 9.17) is 10.5 Å². The van der Waals surface area contributed by atoms with Crippen molar-refractivity contribution < 1.29 is 4.74 Å². The summed E-state index contributed by atoms with van der Waals surface area (Å²) in [6.45, 7) is 2.27. The third kappa shape index (κ3) is 1.72. The van der Waals surface area contributed by atoms with Crippen molar-refractivity contribution in [1.82, 2.24) is 5.32 Å². The molecule has 0 bridgehead atoms. The molecule has 0 amide bonds. The summed E-state index contributed by atoms with van der Waals surface area (Å²) in [6.07, 6.45) is 1.10. The number of fused-ring (bicyclic) bond motifs is 1. The first-order chi connectivity index (χ1) is 8.69. The molecule has 0 aromatic heterocycles. The van der Waals surface area contributed by atoms with Crippen LogP contribution >= 0.6 is 0 Å². The molecule has 96 valence electrons. The zero-order valence-corrected chi connectivity index (χ0v) is 10.8. The van der Waals surface area contributed by atoms with Crippen molar-refractivity contribution in [2.24, 2.45) is 16.6 Å². The van der Waals surface area contributed by atoms with Gasteiger partial charge in [0.05, 0.1) is 19.2 Å². The second kappa shape index (κ2) is 4.19. The van der Waals surface area contributed by atoms with E-state index in [1.165, 1.54) is 5.56 Å². The molecule has 1 heterocycles. The Morgan fingerprint density at radius 2 is 2.06 bits per heavy atom. The van der Waals surface area contributed by atoms with E-state index in [0.717, 1.165) is 12.2 Å². The van der Waals surface area contributed by atoms with Crippen LogP contribution in [0.2, 0.25) is 0 Å². The van der Waals surface area contributed by atoms with Crippen LogP contribution in [-0.2, 0) is 0 Å². The summed E-state index contributed by atoms with van der Waals surface area (Å²) in [6, 6.07) is 9.12. The Balaban J connectivity index is 1.81. The summed E-state index contributed by atoms with van der Waals surface area (Å²) in [5.74, 6) is 2.59. The van der Waals surface area contributed by atoms with Gasteiger partial charge in [-0.25, -0.2) is 4.99 Å². The van der Waals surface area contributed by atoms with Crippen LogP contribution in [0, 0.1) is 5.92 Å². The number of ether oxygens (including phenoxy) is 1. The first-order valence-corrected chi connectivity index (χ1v) is 6.43. The second-order valence-electron chi connectivity index (χ2n) is 5.23. The number of guanidine groups is 1. The van der Waals surface area contributed by atoms with E-state index in [2.05, 4.69) is 29.4 Å². The third-order valence-electron chi connectivity index (χ3n) is 4.26.